The lowest BCUT2D eigenvalue weighted by molar-refractivity contribution is 0.377. The maximum absolute atomic E-state index is 5.48. The first kappa shape index (κ1) is 10.8. The second kappa shape index (κ2) is 4.53. The molecule has 2 aromatic rings. The average molecular weight is 239 g/mol. The number of ether oxygens (including phenoxy) is 2. The van der Waals surface area contributed by atoms with E-state index >= 15 is 0 Å². The Hall–Kier alpha value is -2.29. The number of fused-ring (bicyclic) bond motifs is 1. The highest BCUT2D eigenvalue weighted by Gasteiger charge is 2.08. The Balaban J connectivity index is 1.99. The van der Waals surface area contributed by atoms with Crippen LogP contribution in [0, 0.1) is 0 Å². The summed E-state index contributed by atoms with van der Waals surface area (Å²) in [5, 5.41) is 0. The highest BCUT2D eigenvalue weighted by molar-refractivity contribution is 5.76. The second-order valence-electron chi connectivity index (χ2n) is 4.03. The molecule has 0 aromatic heterocycles. The number of nitrogens with zero attached hydrogens (tertiary/aromatic N) is 1. The van der Waals surface area contributed by atoms with Gasteiger partial charge in [0.15, 0.2) is 0 Å². The standard InChI is InChI=1S/C15H13NO2/c1-17-13-5-2-11(3-6-13)12-4-7-15-14(10-12)16-8-9-18-15/h2-8,10H,9H2,1H3. The van der Waals surface area contributed by atoms with Gasteiger partial charge in [0.25, 0.3) is 0 Å². The maximum Gasteiger partial charge on any atom is 0.145 e. The van der Waals surface area contributed by atoms with Crippen molar-refractivity contribution >= 4 is 11.9 Å². The number of rotatable bonds is 2. The molecule has 0 amide bonds. The molecule has 0 atom stereocenters. The fourth-order valence-corrected chi connectivity index (χ4v) is 1.97. The summed E-state index contributed by atoms with van der Waals surface area (Å²) < 4.78 is 10.6. The second-order valence-corrected chi connectivity index (χ2v) is 4.03. The van der Waals surface area contributed by atoms with E-state index in [2.05, 4.69) is 4.99 Å². The van der Waals surface area contributed by atoms with Gasteiger partial charge < -0.3 is 9.47 Å². The lowest BCUT2D eigenvalue weighted by Crippen LogP contribution is -2.02. The van der Waals surface area contributed by atoms with Crippen molar-refractivity contribution in [1.29, 1.82) is 0 Å². The van der Waals surface area contributed by atoms with Crippen LogP contribution in [0.3, 0.4) is 0 Å². The summed E-state index contributed by atoms with van der Waals surface area (Å²) in [5.41, 5.74) is 3.15. The monoisotopic (exact) mass is 239 g/mol. The van der Waals surface area contributed by atoms with E-state index in [1.807, 2.05) is 42.5 Å². The summed E-state index contributed by atoms with van der Waals surface area (Å²) in [7, 11) is 1.67. The summed E-state index contributed by atoms with van der Waals surface area (Å²) in [5.74, 6) is 1.70. The molecule has 0 saturated carbocycles. The van der Waals surface area contributed by atoms with Gasteiger partial charge in [0.2, 0.25) is 0 Å². The third kappa shape index (κ3) is 1.95. The molecule has 1 heterocycles. The summed E-state index contributed by atoms with van der Waals surface area (Å²) in [6.07, 6.45) is 1.78. The Labute approximate surface area is 106 Å². The van der Waals surface area contributed by atoms with Crippen LogP contribution in [0.4, 0.5) is 5.69 Å². The molecule has 0 unspecified atom stereocenters. The Morgan fingerprint density at radius 2 is 1.83 bits per heavy atom. The molecule has 3 heteroatoms. The Bertz CT molecular complexity index is 588. The third-order valence-electron chi connectivity index (χ3n) is 2.93. The van der Waals surface area contributed by atoms with E-state index in [0.717, 1.165) is 28.3 Å². The van der Waals surface area contributed by atoms with Crippen molar-refractivity contribution in [2.75, 3.05) is 13.7 Å². The van der Waals surface area contributed by atoms with Crippen LogP contribution < -0.4 is 9.47 Å². The van der Waals surface area contributed by atoms with Crippen molar-refractivity contribution in [3.05, 3.63) is 42.5 Å². The highest BCUT2D eigenvalue weighted by Crippen LogP contribution is 2.34. The van der Waals surface area contributed by atoms with Crippen molar-refractivity contribution in [2.24, 2.45) is 4.99 Å². The summed E-state index contributed by atoms with van der Waals surface area (Å²) in [6, 6.07) is 14.0. The fraction of sp³-hybridized carbons (Fsp3) is 0.133. The molecule has 0 radical (unpaired) electrons. The quantitative estimate of drug-likeness (QED) is 0.803. The fourth-order valence-electron chi connectivity index (χ4n) is 1.97. The molecule has 0 saturated heterocycles. The van der Waals surface area contributed by atoms with E-state index in [-0.39, 0.29) is 0 Å². The third-order valence-corrected chi connectivity index (χ3v) is 2.93. The zero-order valence-corrected chi connectivity index (χ0v) is 10.1. The number of aliphatic imine (C=N–C) groups is 1. The van der Waals surface area contributed by atoms with Crippen molar-refractivity contribution in [2.45, 2.75) is 0 Å². The smallest absolute Gasteiger partial charge is 0.145 e. The number of benzene rings is 2. The van der Waals surface area contributed by atoms with Crippen molar-refractivity contribution in [3.8, 4) is 22.6 Å². The van der Waals surface area contributed by atoms with Crippen LogP contribution in [0.2, 0.25) is 0 Å². The van der Waals surface area contributed by atoms with Crippen molar-refractivity contribution < 1.29 is 9.47 Å². The van der Waals surface area contributed by atoms with E-state index in [4.69, 9.17) is 9.47 Å². The minimum Gasteiger partial charge on any atom is -0.497 e. The summed E-state index contributed by atoms with van der Waals surface area (Å²) >= 11 is 0. The van der Waals surface area contributed by atoms with Gasteiger partial charge in [0.1, 0.15) is 23.8 Å². The Kier molecular flexibility index (Phi) is 2.73. The van der Waals surface area contributed by atoms with E-state index in [9.17, 15) is 0 Å². The lowest BCUT2D eigenvalue weighted by Gasteiger charge is -2.12. The number of methoxy groups -OCH3 is 1. The maximum atomic E-state index is 5.48. The van der Waals surface area contributed by atoms with Gasteiger partial charge in [0.05, 0.1) is 7.11 Å². The molecular formula is C15H13NO2. The number of hydrogen-bond acceptors (Lipinski definition) is 3. The van der Waals surface area contributed by atoms with Gasteiger partial charge in [0, 0.05) is 6.21 Å². The predicted molar refractivity (Wildman–Crippen MR) is 72.1 cm³/mol. The first-order chi connectivity index (χ1) is 8.86. The molecule has 1 aliphatic heterocycles. The topological polar surface area (TPSA) is 30.8 Å². The van der Waals surface area contributed by atoms with Gasteiger partial charge in [-0.3, -0.25) is 4.99 Å². The molecule has 0 aliphatic carbocycles. The van der Waals surface area contributed by atoms with Crippen LogP contribution >= 0.6 is 0 Å². The van der Waals surface area contributed by atoms with Gasteiger partial charge in [-0.15, -0.1) is 0 Å². The molecule has 18 heavy (non-hydrogen) atoms. The number of hydrogen-bond donors (Lipinski definition) is 0. The molecular weight excluding hydrogens is 226 g/mol. The molecule has 0 bridgehead atoms. The first-order valence-electron chi connectivity index (χ1n) is 5.80. The van der Waals surface area contributed by atoms with Gasteiger partial charge in [-0.05, 0) is 35.4 Å². The minimum absolute atomic E-state index is 0.550. The molecule has 0 spiro atoms. The van der Waals surface area contributed by atoms with Crippen LogP contribution in [-0.2, 0) is 0 Å². The normalized spacial score (nSPS) is 12.7. The predicted octanol–water partition coefficient (Wildman–Crippen LogP) is 3.46. The summed E-state index contributed by atoms with van der Waals surface area (Å²) in [4.78, 5) is 4.34. The summed E-state index contributed by atoms with van der Waals surface area (Å²) in [6.45, 7) is 0.550. The van der Waals surface area contributed by atoms with E-state index in [1.165, 1.54) is 0 Å². The van der Waals surface area contributed by atoms with Crippen LogP contribution in [-0.4, -0.2) is 19.9 Å². The van der Waals surface area contributed by atoms with Crippen molar-refractivity contribution in [1.82, 2.24) is 0 Å². The van der Waals surface area contributed by atoms with Gasteiger partial charge >= 0.3 is 0 Å². The van der Waals surface area contributed by atoms with Crippen LogP contribution in [0.5, 0.6) is 11.5 Å². The first-order valence-corrected chi connectivity index (χ1v) is 5.80. The lowest BCUT2D eigenvalue weighted by atomic mass is 10.0. The van der Waals surface area contributed by atoms with E-state index in [1.54, 1.807) is 13.3 Å². The van der Waals surface area contributed by atoms with Crippen molar-refractivity contribution in [3.63, 3.8) is 0 Å². The molecule has 3 rings (SSSR count). The molecule has 2 aromatic carbocycles. The Morgan fingerprint density at radius 3 is 2.61 bits per heavy atom. The molecule has 3 nitrogen and oxygen atoms in total. The molecule has 0 fully saturated rings. The highest BCUT2D eigenvalue weighted by atomic mass is 16.5. The largest absolute Gasteiger partial charge is 0.497 e. The SMILES string of the molecule is COc1ccc(-c2ccc3c(c2)N=CCO3)cc1. The van der Waals surface area contributed by atoms with E-state index in [0.29, 0.717) is 6.61 Å². The Morgan fingerprint density at radius 1 is 1.06 bits per heavy atom. The van der Waals surface area contributed by atoms with Gasteiger partial charge in [-0.1, -0.05) is 18.2 Å². The molecule has 1 aliphatic rings. The molecule has 90 valence electrons. The molecule has 0 N–H and O–H groups in total. The van der Waals surface area contributed by atoms with Gasteiger partial charge in [-0.25, -0.2) is 0 Å². The zero-order valence-electron chi connectivity index (χ0n) is 10.1. The van der Waals surface area contributed by atoms with Crippen LogP contribution in [0.1, 0.15) is 0 Å². The van der Waals surface area contributed by atoms with Crippen LogP contribution in [0.15, 0.2) is 47.5 Å². The zero-order chi connectivity index (χ0) is 12.4. The van der Waals surface area contributed by atoms with Crippen LogP contribution in [0.25, 0.3) is 11.1 Å². The van der Waals surface area contributed by atoms with E-state index < -0.39 is 0 Å². The van der Waals surface area contributed by atoms with Gasteiger partial charge in [-0.2, -0.15) is 0 Å². The minimum atomic E-state index is 0.550. The average Bonchev–Trinajstić information content (AvgIpc) is 2.47.